The van der Waals surface area contributed by atoms with Crippen molar-refractivity contribution in [2.45, 2.75) is 56.3 Å². The first-order valence-electron chi connectivity index (χ1n) is 11.1. The van der Waals surface area contributed by atoms with Gasteiger partial charge in [-0.25, -0.2) is 4.79 Å². The van der Waals surface area contributed by atoms with Crippen LogP contribution in [0.1, 0.15) is 31.2 Å². The van der Waals surface area contributed by atoms with E-state index in [1.165, 1.54) is 0 Å². The molecule has 0 aliphatic heterocycles. The molecular formula is C22H32N6O7S. The van der Waals surface area contributed by atoms with E-state index in [0.29, 0.717) is 5.56 Å². The fraction of sp³-hybridized carbons (Fsp3) is 0.455. The molecule has 36 heavy (non-hydrogen) atoms. The zero-order chi connectivity index (χ0) is 27.3. The number of carboxylic acid groups (broad SMARTS) is 1. The Balaban J connectivity index is 3.08. The molecule has 4 unspecified atom stereocenters. The van der Waals surface area contributed by atoms with E-state index in [9.17, 15) is 33.9 Å². The number of carbonyl (C=O) groups excluding carboxylic acids is 5. The van der Waals surface area contributed by atoms with E-state index >= 15 is 0 Å². The van der Waals surface area contributed by atoms with Crippen LogP contribution in [0, 0.1) is 0 Å². The number of primary amides is 2. The third-order valence-corrected chi connectivity index (χ3v) is 5.43. The number of rotatable bonds is 16. The van der Waals surface area contributed by atoms with Crippen molar-refractivity contribution in [3.8, 4) is 0 Å². The minimum atomic E-state index is -1.34. The van der Waals surface area contributed by atoms with Gasteiger partial charge in [0.25, 0.3) is 0 Å². The second kappa shape index (κ2) is 15.4. The maximum absolute atomic E-state index is 13.2. The van der Waals surface area contributed by atoms with Crippen molar-refractivity contribution in [2.75, 3.05) is 5.75 Å². The van der Waals surface area contributed by atoms with E-state index in [2.05, 4.69) is 28.6 Å². The molecule has 1 aromatic rings. The zero-order valence-corrected chi connectivity index (χ0v) is 20.4. The summed E-state index contributed by atoms with van der Waals surface area (Å²) in [7, 11) is 0. The number of nitrogens with one attached hydrogen (secondary N) is 3. The standard InChI is InChI=1S/C22H32N6O7S/c23-13(6-8-17(24)29)19(31)27-15(10-12-4-2-1-3-5-12)21(33)26-14(7-9-18(25)30)20(32)28-16(11-36)22(34)35/h1-5,13-16,36H,6-11,23H2,(H2,24,29)(H2,25,30)(H,26,33)(H,27,31)(H,28,32)(H,34,35). The minimum absolute atomic E-state index is 0.0273. The second-order valence-corrected chi connectivity index (χ2v) is 8.38. The number of benzene rings is 1. The van der Waals surface area contributed by atoms with Crippen LogP contribution in [0.4, 0.5) is 0 Å². The van der Waals surface area contributed by atoms with E-state index in [1.54, 1.807) is 30.3 Å². The Kier molecular flexibility index (Phi) is 13.0. The Morgan fingerprint density at radius 1 is 0.778 bits per heavy atom. The van der Waals surface area contributed by atoms with Crippen LogP contribution in [-0.2, 0) is 35.2 Å². The quantitative estimate of drug-likeness (QED) is 0.108. The first-order valence-corrected chi connectivity index (χ1v) is 11.7. The Morgan fingerprint density at radius 2 is 1.28 bits per heavy atom. The van der Waals surface area contributed by atoms with Crippen LogP contribution in [0.15, 0.2) is 30.3 Å². The van der Waals surface area contributed by atoms with Crippen molar-refractivity contribution in [3.05, 3.63) is 35.9 Å². The molecule has 0 saturated heterocycles. The molecule has 0 fully saturated rings. The topological polar surface area (TPSA) is 237 Å². The molecule has 14 heteroatoms. The molecule has 0 aliphatic rings. The van der Waals surface area contributed by atoms with Crippen molar-refractivity contribution in [1.82, 2.24) is 16.0 Å². The van der Waals surface area contributed by atoms with E-state index < -0.39 is 59.7 Å². The predicted molar refractivity (Wildman–Crippen MR) is 132 cm³/mol. The van der Waals surface area contributed by atoms with Gasteiger partial charge in [-0.3, -0.25) is 24.0 Å². The molecule has 4 atom stereocenters. The fourth-order valence-corrected chi connectivity index (χ4v) is 3.30. The van der Waals surface area contributed by atoms with E-state index in [1.807, 2.05) is 0 Å². The van der Waals surface area contributed by atoms with Crippen molar-refractivity contribution < 1.29 is 33.9 Å². The molecule has 0 heterocycles. The lowest BCUT2D eigenvalue weighted by Crippen LogP contribution is -2.58. The number of hydrogen-bond donors (Lipinski definition) is 8. The Bertz CT molecular complexity index is 946. The number of aliphatic carboxylic acids is 1. The van der Waals surface area contributed by atoms with Gasteiger partial charge in [0.05, 0.1) is 6.04 Å². The molecule has 0 bridgehead atoms. The Hall–Kier alpha value is -3.65. The third-order valence-electron chi connectivity index (χ3n) is 5.06. The molecule has 1 aromatic carbocycles. The number of hydrogen-bond acceptors (Lipinski definition) is 8. The highest BCUT2D eigenvalue weighted by atomic mass is 32.1. The highest BCUT2D eigenvalue weighted by Gasteiger charge is 2.30. The van der Waals surface area contributed by atoms with Crippen molar-refractivity contribution in [3.63, 3.8) is 0 Å². The summed E-state index contributed by atoms with van der Waals surface area (Å²) >= 11 is 3.88. The smallest absolute Gasteiger partial charge is 0.327 e. The van der Waals surface area contributed by atoms with Gasteiger partial charge < -0.3 is 38.3 Å². The van der Waals surface area contributed by atoms with E-state index in [0.717, 1.165) is 0 Å². The molecular weight excluding hydrogens is 492 g/mol. The number of thiol groups is 1. The molecule has 0 radical (unpaired) electrons. The molecule has 0 aliphatic carbocycles. The minimum Gasteiger partial charge on any atom is -0.480 e. The summed E-state index contributed by atoms with van der Waals surface area (Å²) in [5.41, 5.74) is 16.7. The number of nitrogens with two attached hydrogens (primary N) is 3. The van der Waals surface area contributed by atoms with Crippen LogP contribution in [0.2, 0.25) is 0 Å². The first-order chi connectivity index (χ1) is 16.9. The monoisotopic (exact) mass is 524 g/mol. The summed E-state index contributed by atoms with van der Waals surface area (Å²) in [6, 6.07) is 3.70. The first kappa shape index (κ1) is 30.4. The SMILES string of the molecule is NC(=O)CCC(N)C(=O)NC(Cc1ccccc1)C(=O)NC(CCC(N)=O)C(=O)NC(CS)C(=O)O. The average molecular weight is 525 g/mol. The van der Waals surface area contributed by atoms with Gasteiger partial charge in [0.1, 0.15) is 18.1 Å². The highest BCUT2D eigenvalue weighted by Crippen LogP contribution is 2.07. The lowest BCUT2D eigenvalue weighted by molar-refractivity contribution is -0.141. The summed E-state index contributed by atoms with van der Waals surface area (Å²) in [5.74, 6) is -5.29. The normalized spacial score (nSPS) is 13.9. The van der Waals surface area contributed by atoms with Crippen molar-refractivity contribution in [2.24, 2.45) is 17.2 Å². The predicted octanol–water partition coefficient (Wildman–Crippen LogP) is -2.44. The van der Waals surface area contributed by atoms with Crippen LogP contribution in [0.25, 0.3) is 0 Å². The van der Waals surface area contributed by atoms with Gasteiger partial charge in [0.2, 0.25) is 29.5 Å². The summed E-state index contributed by atoms with van der Waals surface area (Å²) in [5, 5.41) is 16.4. The van der Waals surface area contributed by atoms with E-state index in [4.69, 9.17) is 17.2 Å². The molecule has 0 aromatic heterocycles. The maximum atomic E-state index is 13.2. The van der Waals surface area contributed by atoms with Crippen LogP contribution >= 0.6 is 12.6 Å². The van der Waals surface area contributed by atoms with Crippen LogP contribution < -0.4 is 33.2 Å². The summed E-state index contributed by atoms with van der Waals surface area (Å²) < 4.78 is 0. The molecule has 5 amide bonds. The van der Waals surface area contributed by atoms with Gasteiger partial charge >= 0.3 is 5.97 Å². The van der Waals surface area contributed by atoms with E-state index in [-0.39, 0.29) is 37.9 Å². The third kappa shape index (κ3) is 11.2. The zero-order valence-electron chi connectivity index (χ0n) is 19.5. The van der Waals surface area contributed by atoms with Crippen molar-refractivity contribution in [1.29, 1.82) is 0 Å². The lowest BCUT2D eigenvalue weighted by Gasteiger charge is -2.25. The second-order valence-electron chi connectivity index (χ2n) is 8.01. The highest BCUT2D eigenvalue weighted by molar-refractivity contribution is 7.80. The van der Waals surface area contributed by atoms with Gasteiger partial charge in [-0.2, -0.15) is 12.6 Å². The Labute approximate surface area is 213 Å². The number of carboxylic acids is 1. The van der Waals surface area contributed by atoms with Gasteiger partial charge in [-0.05, 0) is 18.4 Å². The molecule has 198 valence electrons. The summed E-state index contributed by atoms with van der Waals surface area (Å²) in [4.78, 5) is 71.9. The Morgan fingerprint density at radius 3 is 1.81 bits per heavy atom. The van der Waals surface area contributed by atoms with Gasteiger partial charge in [-0.1, -0.05) is 30.3 Å². The molecule has 13 nitrogen and oxygen atoms in total. The molecule has 0 saturated carbocycles. The molecule has 0 spiro atoms. The maximum Gasteiger partial charge on any atom is 0.327 e. The number of amides is 5. The lowest BCUT2D eigenvalue weighted by atomic mass is 10.0. The van der Waals surface area contributed by atoms with Crippen LogP contribution in [0.3, 0.4) is 0 Å². The van der Waals surface area contributed by atoms with Gasteiger partial charge in [0.15, 0.2) is 0 Å². The van der Waals surface area contributed by atoms with Gasteiger partial charge in [0, 0.05) is 25.0 Å². The van der Waals surface area contributed by atoms with Crippen LogP contribution in [-0.4, -0.2) is 70.5 Å². The van der Waals surface area contributed by atoms with Crippen LogP contribution in [0.5, 0.6) is 0 Å². The largest absolute Gasteiger partial charge is 0.480 e. The van der Waals surface area contributed by atoms with Gasteiger partial charge in [-0.15, -0.1) is 0 Å². The molecule has 1 rings (SSSR count). The molecule has 10 N–H and O–H groups in total. The van der Waals surface area contributed by atoms with Crippen molar-refractivity contribution >= 4 is 48.1 Å². The summed E-state index contributed by atoms with van der Waals surface area (Å²) in [6.07, 6.45) is -0.625. The fourth-order valence-electron chi connectivity index (χ4n) is 3.05. The number of carbonyl (C=O) groups is 6. The average Bonchev–Trinajstić information content (AvgIpc) is 2.82. The summed E-state index contributed by atoms with van der Waals surface area (Å²) in [6.45, 7) is 0.